The summed E-state index contributed by atoms with van der Waals surface area (Å²) in [5, 5.41) is 0.637. The molecule has 1 aliphatic heterocycles. The van der Waals surface area contributed by atoms with Gasteiger partial charge in [-0.05, 0) is 23.9 Å². The molecule has 102 valence electrons. The number of hydrogen-bond acceptors (Lipinski definition) is 5. The molecule has 0 atom stereocenters. The fourth-order valence-electron chi connectivity index (χ4n) is 2.07. The van der Waals surface area contributed by atoms with Gasteiger partial charge in [0, 0.05) is 24.0 Å². The minimum absolute atomic E-state index is 0.244. The molecule has 1 aromatic heterocycles. The van der Waals surface area contributed by atoms with Crippen molar-refractivity contribution < 1.29 is 14.0 Å². The maximum Gasteiger partial charge on any atom is 0.293 e. The largest absolute Gasteiger partial charge is 0.464 e. The molecular formula is C14H12N2O3S. The molecule has 1 saturated heterocycles. The van der Waals surface area contributed by atoms with Crippen LogP contribution in [0.15, 0.2) is 39.9 Å². The van der Waals surface area contributed by atoms with Gasteiger partial charge in [0.1, 0.15) is 5.58 Å². The zero-order chi connectivity index (χ0) is 14.1. The quantitative estimate of drug-likeness (QED) is 0.878. The Kier molecular flexibility index (Phi) is 3.33. The summed E-state index contributed by atoms with van der Waals surface area (Å²) in [6.07, 6.45) is 3.27. The number of fused-ring (bicyclic) bond motifs is 1. The number of thioether (sulfide) groups is 1. The smallest absolute Gasteiger partial charge is 0.293 e. The first-order valence-corrected chi connectivity index (χ1v) is 6.94. The summed E-state index contributed by atoms with van der Waals surface area (Å²) in [5.74, 6) is -0.296. The van der Waals surface area contributed by atoms with Crippen LogP contribution in [0.2, 0.25) is 0 Å². The van der Waals surface area contributed by atoms with Crippen molar-refractivity contribution in [3.05, 3.63) is 41.0 Å². The second-order valence-corrected chi connectivity index (χ2v) is 5.30. The van der Waals surface area contributed by atoms with Crippen LogP contribution >= 0.6 is 11.8 Å². The molecule has 1 aromatic carbocycles. The number of imide groups is 1. The first kappa shape index (κ1) is 13.0. The van der Waals surface area contributed by atoms with Gasteiger partial charge < -0.3 is 10.2 Å². The number of carbonyl (C=O) groups is 2. The summed E-state index contributed by atoms with van der Waals surface area (Å²) < 4.78 is 5.41. The SMILES string of the molecule is NCCN1C(=O)S/C(=C/c2coc3ccccc23)C1=O. The van der Waals surface area contributed by atoms with Crippen molar-refractivity contribution in [2.75, 3.05) is 13.1 Å². The van der Waals surface area contributed by atoms with E-state index in [1.807, 2.05) is 24.3 Å². The second-order valence-electron chi connectivity index (χ2n) is 4.31. The van der Waals surface area contributed by atoms with E-state index in [9.17, 15) is 9.59 Å². The van der Waals surface area contributed by atoms with Gasteiger partial charge in [0.25, 0.3) is 11.1 Å². The third-order valence-electron chi connectivity index (χ3n) is 3.02. The topological polar surface area (TPSA) is 76.5 Å². The third kappa shape index (κ3) is 2.13. The van der Waals surface area contributed by atoms with Gasteiger partial charge >= 0.3 is 0 Å². The van der Waals surface area contributed by atoms with Crippen molar-refractivity contribution in [2.24, 2.45) is 5.73 Å². The Bertz CT molecular complexity index is 720. The lowest BCUT2D eigenvalue weighted by Crippen LogP contribution is -2.33. The summed E-state index contributed by atoms with van der Waals surface area (Å²) in [6.45, 7) is 0.508. The van der Waals surface area contributed by atoms with Crippen LogP contribution in [0.3, 0.4) is 0 Å². The number of furan rings is 1. The standard InChI is InChI=1S/C14H12N2O3S/c15-5-6-16-13(17)12(20-14(16)18)7-9-8-19-11-4-2-1-3-10(9)11/h1-4,7-8H,5-6,15H2/b12-7+. The predicted octanol–water partition coefficient (Wildman–Crippen LogP) is 2.43. The molecule has 3 rings (SSSR count). The van der Waals surface area contributed by atoms with E-state index in [-0.39, 0.29) is 24.2 Å². The molecule has 2 heterocycles. The van der Waals surface area contributed by atoms with Crippen LogP contribution in [0.4, 0.5) is 4.79 Å². The lowest BCUT2D eigenvalue weighted by molar-refractivity contribution is -0.122. The van der Waals surface area contributed by atoms with Crippen LogP contribution in [0.1, 0.15) is 5.56 Å². The fourth-order valence-corrected chi connectivity index (χ4v) is 2.93. The van der Waals surface area contributed by atoms with Crippen LogP contribution < -0.4 is 5.73 Å². The van der Waals surface area contributed by atoms with E-state index < -0.39 is 0 Å². The Morgan fingerprint density at radius 1 is 1.30 bits per heavy atom. The second kappa shape index (κ2) is 5.15. The number of benzene rings is 1. The van der Waals surface area contributed by atoms with Crippen molar-refractivity contribution in [1.82, 2.24) is 4.90 Å². The van der Waals surface area contributed by atoms with Crippen LogP contribution in [0.5, 0.6) is 0 Å². The van der Waals surface area contributed by atoms with E-state index in [0.29, 0.717) is 4.91 Å². The molecule has 0 saturated carbocycles. The van der Waals surface area contributed by atoms with E-state index in [1.165, 1.54) is 4.90 Å². The molecule has 0 unspecified atom stereocenters. The Balaban J connectivity index is 1.97. The van der Waals surface area contributed by atoms with Gasteiger partial charge in [-0.25, -0.2) is 0 Å². The summed E-state index contributed by atoms with van der Waals surface area (Å²) in [5.41, 5.74) is 6.94. The minimum Gasteiger partial charge on any atom is -0.464 e. The number of hydrogen-bond donors (Lipinski definition) is 1. The molecule has 0 bridgehead atoms. The average molecular weight is 288 g/mol. The van der Waals surface area contributed by atoms with Gasteiger partial charge in [0.05, 0.1) is 11.2 Å². The van der Waals surface area contributed by atoms with Crippen LogP contribution in [-0.2, 0) is 4.79 Å². The van der Waals surface area contributed by atoms with Crippen molar-refractivity contribution >= 4 is 40.0 Å². The Morgan fingerprint density at radius 3 is 2.90 bits per heavy atom. The van der Waals surface area contributed by atoms with E-state index in [2.05, 4.69) is 0 Å². The van der Waals surface area contributed by atoms with Crippen molar-refractivity contribution in [3.63, 3.8) is 0 Å². The molecule has 5 nitrogen and oxygen atoms in total. The number of rotatable bonds is 3. The number of amides is 2. The van der Waals surface area contributed by atoms with Crippen molar-refractivity contribution in [3.8, 4) is 0 Å². The van der Waals surface area contributed by atoms with Crippen LogP contribution in [0, 0.1) is 0 Å². The number of nitrogens with zero attached hydrogens (tertiary/aromatic N) is 1. The highest BCUT2D eigenvalue weighted by molar-refractivity contribution is 8.18. The minimum atomic E-state index is -0.296. The maximum absolute atomic E-state index is 12.1. The van der Waals surface area contributed by atoms with Crippen LogP contribution in [0.25, 0.3) is 17.0 Å². The Hall–Kier alpha value is -2.05. The molecule has 1 fully saturated rings. The number of para-hydroxylation sites is 1. The number of carbonyl (C=O) groups excluding carboxylic acids is 2. The van der Waals surface area contributed by atoms with Crippen molar-refractivity contribution in [1.29, 1.82) is 0 Å². The normalized spacial score (nSPS) is 17.6. The molecule has 2 amide bonds. The molecule has 1 aliphatic rings. The summed E-state index contributed by atoms with van der Waals surface area (Å²) >= 11 is 0.930. The molecule has 20 heavy (non-hydrogen) atoms. The van der Waals surface area contributed by atoms with Gasteiger partial charge in [0.15, 0.2) is 0 Å². The summed E-state index contributed by atoms with van der Waals surface area (Å²) in [6, 6.07) is 7.54. The first-order chi connectivity index (χ1) is 9.70. The molecule has 2 aromatic rings. The number of nitrogens with two attached hydrogens (primary N) is 1. The molecular weight excluding hydrogens is 276 g/mol. The Morgan fingerprint density at radius 2 is 2.10 bits per heavy atom. The third-order valence-corrected chi connectivity index (χ3v) is 3.93. The lowest BCUT2D eigenvalue weighted by atomic mass is 10.1. The first-order valence-electron chi connectivity index (χ1n) is 6.12. The zero-order valence-corrected chi connectivity index (χ0v) is 11.4. The Labute approximate surface area is 119 Å². The van der Waals surface area contributed by atoms with E-state index in [4.69, 9.17) is 10.2 Å². The van der Waals surface area contributed by atoms with E-state index in [0.717, 1.165) is 28.3 Å². The predicted molar refractivity (Wildman–Crippen MR) is 77.9 cm³/mol. The van der Waals surface area contributed by atoms with Gasteiger partial charge in [0.2, 0.25) is 0 Å². The monoisotopic (exact) mass is 288 g/mol. The molecule has 0 aliphatic carbocycles. The van der Waals surface area contributed by atoms with E-state index >= 15 is 0 Å². The highest BCUT2D eigenvalue weighted by Crippen LogP contribution is 2.33. The highest BCUT2D eigenvalue weighted by atomic mass is 32.2. The van der Waals surface area contributed by atoms with E-state index in [1.54, 1.807) is 12.3 Å². The summed E-state index contributed by atoms with van der Waals surface area (Å²) in [4.78, 5) is 25.4. The van der Waals surface area contributed by atoms with Gasteiger partial charge in [-0.2, -0.15) is 0 Å². The molecule has 6 heteroatoms. The van der Waals surface area contributed by atoms with Crippen molar-refractivity contribution in [2.45, 2.75) is 0 Å². The van der Waals surface area contributed by atoms with Gasteiger partial charge in [-0.3, -0.25) is 14.5 Å². The fraction of sp³-hybridized carbons (Fsp3) is 0.143. The maximum atomic E-state index is 12.1. The van der Waals surface area contributed by atoms with Gasteiger partial charge in [-0.15, -0.1) is 0 Å². The lowest BCUT2D eigenvalue weighted by Gasteiger charge is -2.09. The zero-order valence-electron chi connectivity index (χ0n) is 10.5. The highest BCUT2D eigenvalue weighted by Gasteiger charge is 2.34. The molecule has 0 spiro atoms. The van der Waals surface area contributed by atoms with Gasteiger partial charge in [-0.1, -0.05) is 18.2 Å². The van der Waals surface area contributed by atoms with Crippen LogP contribution in [-0.4, -0.2) is 29.1 Å². The average Bonchev–Trinajstić information content (AvgIpc) is 2.97. The molecule has 2 N–H and O–H groups in total. The molecule has 0 radical (unpaired) electrons. The summed E-state index contributed by atoms with van der Waals surface area (Å²) in [7, 11) is 0.